The first-order chi connectivity index (χ1) is 13.2. The molecular weight excluding hydrogens is 340 g/mol. The van der Waals surface area contributed by atoms with Crippen molar-refractivity contribution in [3.63, 3.8) is 0 Å². The van der Waals surface area contributed by atoms with Crippen LogP contribution < -0.4 is 4.74 Å². The summed E-state index contributed by atoms with van der Waals surface area (Å²) < 4.78 is 5.78. The summed E-state index contributed by atoms with van der Waals surface area (Å²) in [5.41, 5.74) is 3.45. The summed E-state index contributed by atoms with van der Waals surface area (Å²) in [6.07, 6.45) is 8.39. The number of aromatic amines is 1. The van der Waals surface area contributed by atoms with E-state index in [1.165, 1.54) is 24.8 Å². The summed E-state index contributed by atoms with van der Waals surface area (Å²) in [7, 11) is 0. The molecule has 4 rings (SSSR count). The zero-order valence-corrected chi connectivity index (χ0v) is 15.7. The molecule has 27 heavy (non-hydrogen) atoms. The smallest absolute Gasteiger partial charge is 0.303 e. The number of nitrogens with one attached hydrogen (secondary N) is 1. The molecule has 0 radical (unpaired) electrons. The Morgan fingerprint density at radius 3 is 2.44 bits per heavy atom. The second-order valence-electron chi connectivity index (χ2n) is 8.17. The molecular formula is C22H28N2O3. The van der Waals surface area contributed by atoms with E-state index in [-0.39, 0.29) is 0 Å². The number of aromatic nitrogens is 2. The number of H-pyrrole nitrogens is 1. The summed E-state index contributed by atoms with van der Waals surface area (Å²) in [4.78, 5) is 10.9. The van der Waals surface area contributed by atoms with Crippen LogP contribution in [0.5, 0.6) is 5.88 Å². The highest BCUT2D eigenvalue weighted by molar-refractivity contribution is 5.67. The van der Waals surface area contributed by atoms with Crippen molar-refractivity contribution in [1.29, 1.82) is 0 Å². The number of hydrogen-bond donors (Lipinski definition) is 2. The molecule has 0 unspecified atom stereocenters. The molecule has 2 N–H and O–H groups in total. The van der Waals surface area contributed by atoms with Gasteiger partial charge in [-0.05, 0) is 67.4 Å². The van der Waals surface area contributed by atoms with Crippen molar-refractivity contribution in [1.82, 2.24) is 10.2 Å². The third-order valence-corrected chi connectivity index (χ3v) is 6.25. The molecule has 0 saturated heterocycles. The van der Waals surface area contributed by atoms with Crippen molar-refractivity contribution in [2.24, 2.45) is 11.8 Å². The predicted molar refractivity (Wildman–Crippen MR) is 104 cm³/mol. The number of aliphatic carboxylic acids is 1. The molecule has 2 aromatic rings. The highest BCUT2D eigenvalue weighted by Gasteiger charge is 2.24. The minimum absolute atomic E-state index is 0.316. The largest absolute Gasteiger partial charge is 0.481 e. The fourth-order valence-electron chi connectivity index (χ4n) is 4.27. The molecule has 0 amide bonds. The number of hydrogen-bond acceptors (Lipinski definition) is 3. The molecule has 2 fully saturated rings. The van der Waals surface area contributed by atoms with Gasteiger partial charge in [-0.2, -0.15) is 0 Å². The molecule has 5 nitrogen and oxygen atoms in total. The van der Waals surface area contributed by atoms with Crippen molar-refractivity contribution in [3.8, 4) is 17.1 Å². The van der Waals surface area contributed by atoms with E-state index in [2.05, 4.69) is 34.5 Å². The Hall–Kier alpha value is -2.30. The van der Waals surface area contributed by atoms with Gasteiger partial charge >= 0.3 is 5.97 Å². The average molecular weight is 368 g/mol. The van der Waals surface area contributed by atoms with Crippen LogP contribution in [0.4, 0.5) is 0 Å². The van der Waals surface area contributed by atoms with Crippen LogP contribution >= 0.6 is 0 Å². The lowest BCUT2D eigenvalue weighted by Gasteiger charge is -2.28. The Balaban J connectivity index is 1.32. The molecule has 0 spiro atoms. The Morgan fingerprint density at radius 1 is 1.07 bits per heavy atom. The van der Waals surface area contributed by atoms with E-state index in [1.54, 1.807) is 0 Å². The number of ether oxygens (including phenoxy) is 1. The molecule has 0 atom stereocenters. The van der Waals surface area contributed by atoms with Crippen LogP contribution in [0, 0.1) is 11.8 Å². The maximum atomic E-state index is 10.9. The van der Waals surface area contributed by atoms with Gasteiger partial charge in [-0.15, -0.1) is 5.10 Å². The van der Waals surface area contributed by atoms with E-state index in [1.807, 2.05) is 6.07 Å². The van der Waals surface area contributed by atoms with Crippen LogP contribution in [0.15, 0.2) is 30.3 Å². The zero-order chi connectivity index (χ0) is 18.6. The lowest BCUT2D eigenvalue weighted by atomic mass is 9.77. The summed E-state index contributed by atoms with van der Waals surface area (Å²) in [6, 6.07) is 10.7. The van der Waals surface area contributed by atoms with Gasteiger partial charge < -0.3 is 9.84 Å². The Labute approximate surface area is 160 Å². The summed E-state index contributed by atoms with van der Waals surface area (Å²) >= 11 is 0. The Kier molecular flexibility index (Phi) is 5.46. The third kappa shape index (κ3) is 4.52. The Bertz CT molecular complexity index is 756. The zero-order valence-electron chi connectivity index (χ0n) is 15.7. The van der Waals surface area contributed by atoms with Gasteiger partial charge in [0, 0.05) is 12.5 Å². The van der Waals surface area contributed by atoms with Crippen LogP contribution in [0.1, 0.15) is 62.8 Å². The molecule has 0 bridgehead atoms. The second kappa shape index (κ2) is 8.15. The number of carboxylic acids is 1. The maximum Gasteiger partial charge on any atom is 0.303 e. The molecule has 1 aromatic heterocycles. The van der Waals surface area contributed by atoms with Crippen LogP contribution in [0.2, 0.25) is 0 Å². The fourth-order valence-corrected chi connectivity index (χ4v) is 4.27. The first-order valence-electron chi connectivity index (χ1n) is 10.2. The van der Waals surface area contributed by atoms with Crippen molar-refractivity contribution < 1.29 is 14.6 Å². The number of carbonyl (C=O) groups is 1. The van der Waals surface area contributed by atoms with Gasteiger partial charge in [0.1, 0.15) is 0 Å². The quantitative estimate of drug-likeness (QED) is 0.721. The highest BCUT2D eigenvalue weighted by Crippen LogP contribution is 2.37. The standard InChI is InChI=1S/C22H28N2O3/c25-22(26)12-15-4-6-17(7-5-15)18-8-10-19(11-9-18)20-13-21(24-23-20)27-14-16-2-1-3-16/h8-11,13,15-17H,1-7,12,14H2,(H,23,24)(H,25,26). The number of nitrogens with zero attached hydrogens (tertiary/aromatic N) is 1. The minimum Gasteiger partial charge on any atom is -0.481 e. The molecule has 1 aromatic carbocycles. The van der Waals surface area contributed by atoms with Crippen molar-refractivity contribution in [2.75, 3.05) is 6.61 Å². The van der Waals surface area contributed by atoms with Gasteiger partial charge in [-0.3, -0.25) is 9.89 Å². The van der Waals surface area contributed by atoms with Gasteiger partial charge in [0.25, 0.3) is 0 Å². The van der Waals surface area contributed by atoms with Gasteiger partial charge in [-0.25, -0.2) is 0 Å². The second-order valence-corrected chi connectivity index (χ2v) is 8.17. The minimum atomic E-state index is -0.668. The van der Waals surface area contributed by atoms with Crippen LogP contribution in [0.25, 0.3) is 11.3 Å². The average Bonchev–Trinajstić information content (AvgIpc) is 3.10. The van der Waals surface area contributed by atoms with Crippen molar-refractivity contribution >= 4 is 5.97 Å². The topological polar surface area (TPSA) is 75.2 Å². The molecule has 0 aliphatic heterocycles. The Morgan fingerprint density at radius 2 is 1.81 bits per heavy atom. The van der Waals surface area contributed by atoms with E-state index >= 15 is 0 Å². The molecule has 2 aliphatic rings. The molecule has 2 aliphatic carbocycles. The maximum absolute atomic E-state index is 10.9. The monoisotopic (exact) mass is 368 g/mol. The number of benzene rings is 1. The molecule has 1 heterocycles. The number of carboxylic acid groups (broad SMARTS) is 1. The van der Waals surface area contributed by atoms with E-state index in [9.17, 15) is 4.79 Å². The first-order valence-corrected chi connectivity index (χ1v) is 10.2. The SMILES string of the molecule is O=C(O)CC1CCC(c2ccc(-c3cc(OCC4CCC4)n[nH]3)cc2)CC1. The normalized spacial score (nSPS) is 23.0. The summed E-state index contributed by atoms with van der Waals surface area (Å²) in [5.74, 6) is 1.61. The lowest BCUT2D eigenvalue weighted by molar-refractivity contribution is -0.138. The van der Waals surface area contributed by atoms with Gasteiger partial charge in [-0.1, -0.05) is 30.7 Å². The summed E-state index contributed by atoms with van der Waals surface area (Å²) in [6.45, 7) is 0.772. The van der Waals surface area contributed by atoms with Crippen LogP contribution in [-0.4, -0.2) is 27.9 Å². The van der Waals surface area contributed by atoms with E-state index < -0.39 is 5.97 Å². The van der Waals surface area contributed by atoms with E-state index in [0.29, 0.717) is 30.1 Å². The molecule has 144 valence electrons. The van der Waals surface area contributed by atoms with Gasteiger partial charge in [0.15, 0.2) is 0 Å². The predicted octanol–water partition coefficient (Wildman–Crippen LogP) is 5.00. The summed E-state index contributed by atoms with van der Waals surface area (Å²) in [5, 5.41) is 16.3. The third-order valence-electron chi connectivity index (χ3n) is 6.25. The molecule has 5 heteroatoms. The van der Waals surface area contributed by atoms with Gasteiger partial charge in [0.2, 0.25) is 5.88 Å². The lowest BCUT2D eigenvalue weighted by Crippen LogP contribution is -2.19. The van der Waals surface area contributed by atoms with Gasteiger partial charge in [0.05, 0.1) is 12.3 Å². The van der Waals surface area contributed by atoms with Crippen LogP contribution in [0.3, 0.4) is 0 Å². The van der Waals surface area contributed by atoms with E-state index in [4.69, 9.17) is 9.84 Å². The van der Waals surface area contributed by atoms with Crippen molar-refractivity contribution in [2.45, 2.75) is 57.3 Å². The highest BCUT2D eigenvalue weighted by atomic mass is 16.5. The molecule has 2 saturated carbocycles. The van der Waals surface area contributed by atoms with Crippen LogP contribution in [-0.2, 0) is 4.79 Å². The fraction of sp³-hybridized carbons (Fsp3) is 0.545. The van der Waals surface area contributed by atoms with Crippen molar-refractivity contribution in [3.05, 3.63) is 35.9 Å². The number of rotatable bonds is 7. The first kappa shape index (κ1) is 18.1. The van der Waals surface area contributed by atoms with E-state index in [0.717, 1.165) is 43.5 Å².